The highest BCUT2D eigenvalue weighted by atomic mass is 28.3. The summed E-state index contributed by atoms with van der Waals surface area (Å²) in [4.78, 5) is 2.52. The molecule has 254 valence electrons. The smallest absolute Gasteiger partial charge is 0.116 e. The van der Waals surface area contributed by atoms with E-state index in [0.717, 1.165) is 0 Å². The van der Waals surface area contributed by atoms with Crippen LogP contribution in [-0.2, 0) is 0 Å². The molecular formula is C50H41NSi2. The summed E-state index contributed by atoms with van der Waals surface area (Å²) >= 11 is 0. The molecule has 0 saturated heterocycles. The van der Waals surface area contributed by atoms with Crippen LogP contribution in [0.15, 0.2) is 176 Å². The Bertz CT molecular complexity index is 2740. The Hall–Kier alpha value is -5.75. The van der Waals surface area contributed by atoms with E-state index < -0.39 is 16.1 Å². The lowest BCUT2D eigenvalue weighted by atomic mass is 9.99. The Labute approximate surface area is 314 Å². The quantitative estimate of drug-likeness (QED) is 0.161. The summed E-state index contributed by atoms with van der Waals surface area (Å²) in [5.41, 5.74) is 14.2. The number of hydrogen-bond acceptors (Lipinski definition) is 1. The van der Waals surface area contributed by atoms with Crippen LogP contribution in [0.4, 0.5) is 17.1 Å². The van der Waals surface area contributed by atoms with Gasteiger partial charge in [-0.1, -0.05) is 166 Å². The van der Waals surface area contributed by atoms with Gasteiger partial charge in [0.15, 0.2) is 0 Å². The first kappa shape index (κ1) is 31.9. The van der Waals surface area contributed by atoms with Crippen LogP contribution in [0.5, 0.6) is 0 Å². The van der Waals surface area contributed by atoms with Gasteiger partial charge in [0.05, 0.1) is 0 Å². The zero-order chi connectivity index (χ0) is 35.9. The molecule has 0 aliphatic carbocycles. The monoisotopic (exact) mass is 711 g/mol. The van der Waals surface area contributed by atoms with E-state index in [1.807, 2.05) is 0 Å². The fourth-order valence-electron chi connectivity index (χ4n) is 9.31. The van der Waals surface area contributed by atoms with E-state index in [-0.39, 0.29) is 0 Å². The number of nitrogens with zero attached hydrogens (tertiary/aromatic N) is 1. The van der Waals surface area contributed by atoms with Crippen LogP contribution < -0.4 is 25.6 Å². The lowest BCUT2D eigenvalue weighted by Gasteiger charge is -2.31. The van der Waals surface area contributed by atoms with Crippen molar-refractivity contribution in [1.82, 2.24) is 0 Å². The molecule has 0 aromatic heterocycles. The van der Waals surface area contributed by atoms with Gasteiger partial charge in [-0.15, -0.1) is 0 Å². The van der Waals surface area contributed by atoms with Gasteiger partial charge < -0.3 is 4.90 Å². The van der Waals surface area contributed by atoms with E-state index in [0.29, 0.717) is 0 Å². The number of fused-ring (bicyclic) bond motifs is 7. The van der Waals surface area contributed by atoms with E-state index in [1.165, 1.54) is 87.9 Å². The van der Waals surface area contributed by atoms with Crippen molar-refractivity contribution in [3.63, 3.8) is 0 Å². The molecule has 0 fully saturated rings. The first-order valence-corrected chi connectivity index (χ1v) is 24.8. The lowest BCUT2D eigenvalue weighted by molar-refractivity contribution is 1.29. The summed E-state index contributed by atoms with van der Waals surface area (Å²) in [5, 5.41) is 8.64. The highest BCUT2D eigenvalue weighted by molar-refractivity contribution is 7.05. The van der Waals surface area contributed by atoms with Gasteiger partial charge in [-0.05, 0) is 112 Å². The van der Waals surface area contributed by atoms with Crippen LogP contribution in [-0.4, -0.2) is 16.1 Å². The standard InChI is InChI=1S/C50H41NSi2/c1-52(2)47-21-9-7-17-42(47)44-30-27-39(33-49(44)52)37-15-11-16-41(32-37)51(46-20-12-19-45-43-18-8-10-22-48(43)53(3,4)50(45)46)40-28-25-35(26-29-40)38-24-23-34-13-5-6-14-36(34)31-38/h5-33H,1-4H3. The molecule has 10 rings (SSSR count). The van der Waals surface area contributed by atoms with Crippen molar-refractivity contribution in [1.29, 1.82) is 0 Å². The Morgan fingerprint density at radius 1 is 0.340 bits per heavy atom. The van der Waals surface area contributed by atoms with Gasteiger partial charge in [0, 0.05) is 17.1 Å². The van der Waals surface area contributed by atoms with Crippen LogP contribution in [0.1, 0.15) is 0 Å². The van der Waals surface area contributed by atoms with E-state index >= 15 is 0 Å². The molecule has 0 atom stereocenters. The minimum Gasteiger partial charge on any atom is -0.311 e. The Morgan fingerprint density at radius 3 is 1.70 bits per heavy atom. The third-order valence-electron chi connectivity index (χ3n) is 12.0. The maximum atomic E-state index is 2.52. The molecule has 2 aliphatic heterocycles. The summed E-state index contributed by atoms with van der Waals surface area (Å²) in [6, 6.07) is 66.1. The van der Waals surface area contributed by atoms with Crippen molar-refractivity contribution in [2.24, 2.45) is 0 Å². The van der Waals surface area contributed by atoms with Crippen molar-refractivity contribution >= 4 is 64.7 Å². The molecule has 0 amide bonds. The Kier molecular flexibility index (Phi) is 7.17. The third kappa shape index (κ3) is 4.95. The summed E-state index contributed by atoms with van der Waals surface area (Å²) in [7, 11) is -3.82. The van der Waals surface area contributed by atoms with Gasteiger partial charge in [0.25, 0.3) is 0 Å². The maximum absolute atomic E-state index is 2.52. The molecule has 0 unspecified atom stereocenters. The van der Waals surface area contributed by atoms with Crippen molar-refractivity contribution in [2.45, 2.75) is 26.2 Å². The Balaban J connectivity index is 1.12. The van der Waals surface area contributed by atoms with Gasteiger partial charge in [0.2, 0.25) is 0 Å². The molecule has 1 nitrogen and oxygen atoms in total. The minimum absolute atomic E-state index is 1.17. The van der Waals surface area contributed by atoms with Gasteiger partial charge in [-0.2, -0.15) is 0 Å². The topological polar surface area (TPSA) is 3.24 Å². The zero-order valence-electron chi connectivity index (χ0n) is 30.7. The SMILES string of the molecule is C[Si]1(C)c2ccccc2-c2ccc(-c3cccc(N(c4ccc(-c5ccc6ccccc6c5)cc4)c4cccc5c4[Si](C)(C)c4ccccc4-5)c3)cc21. The molecule has 8 aromatic carbocycles. The van der Waals surface area contributed by atoms with E-state index in [2.05, 4.69) is 207 Å². The number of anilines is 3. The number of rotatable bonds is 5. The van der Waals surface area contributed by atoms with Gasteiger partial charge >= 0.3 is 0 Å². The molecule has 0 spiro atoms. The van der Waals surface area contributed by atoms with Crippen LogP contribution >= 0.6 is 0 Å². The minimum atomic E-state index is -2.02. The molecule has 3 heteroatoms. The predicted molar refractivity (Wildman–Crippen MR) is 234 cm³/mol. The van der Waals surface area contributed by atoms with Crippen LogP contribution in [0.3, 0.4) is 0 Å². The largest absolute Gasteiger partial charge is 0.311 e. The van der Waals surface area contributed by atoms with Gasteiger partial charge in [-0.3, -0.25) is 0 Å². The normalized spacial score (nSPS) is 14.3. The van der Waals surface area contributed by atoms with Crippen molar-refractivity contribution in [2.75, 3.05) is 4.90 Å². The second-order valence-electron chi connectivity index (χ2n) is 15.8. The van der Waals surface area contributed by atoms with Crippen LogP contribution in [0, 0.1) is 0 Å². The highest BCUT2D eigenvalue weighted by Crippen LogP contribution is 2.41. The summed E-state index contributed by atoms with van der Waals surface area (Å²) in [6.07, 6.45) is 0. The molecule has 0 saturated carbocycles. The number of hydrogen-bond donors (Lipinski definition) is 0. The molecule has 2 heterocycles. The van der Waals surface area contributed by atoms with E-state index in [9.17, 15) is 0 Å². The van der Waals surface area contributed by atoms with Crippen molar-refractivity contribution in [3.05, 3.63) is 176 Å². The van der Waals surface area contributed by atoms with Crippen LogP contribution in [0.25, 0.3) is 55.3 Å². The fraction of sp³-hybridized carbons (Fsp3) is 0.0800. The predicted octanol–water partition coefficient (Wildman–Crippen LogP) is 11.2. The van der Waals surface area contributed by atoms with Crippen molar-refractivity contribution < 1.29 is 0 Å². The third-order valence-corrected chi connectivity index (χ3v) is 19.1. The summed E-state index contributed by atoms with van der Waals surface area (Å²) in [5.74, 6) is 0. The van der Waals surface area contributed by atoms with Gasteiger partial charge in [-0.25, -0.2) is 0 Å². The molecular weight excluding hydrogens is 671 g/mol. The van der Waals surface area contributed by atoms with E-state index in [4.69, 9.17) is 0 Å². The summed E-state index contributed by atoms with van der Waals surface area (Å²) in [6.45, 7) is 10.0. The lowest BCUT2D eigenvalue weighted by Crippen LogP contribution is -2.50. The average Bonchev–Trinajstić information content (AvgIpc) is 3.58. The first-order valence-electron chi connectivity index (χ1n) is 18.8. The molecule has 53 heavy (non-hydrogen) atoms. The summed E-state index contributed by atoms with van der Waals surface area (Å²) < 4.78 is 0. The van der Waals surface area contributed by atoms with Crippen LogP contribution in [0.2, 0.25) is 26.2 Å². The molecule has 0 N–H and O–H groups in total. The molecule has 2 aliphatic rings. The van der Waals surface area contributed by atoms with E-state index in [1.54, 1.807) is 5.19 Å². The first-order chi connectivity index (χ1) is 25.8. The number of benzene rings is 8. The second-order valence-corrected chi connectivity index (χ2v) is 24.4. The van der Waals surface area contributed by atoms with Crippen molar-refractivity contribution in [3.8, 4) is 44.5 Å². The molecule has 0 radical (unpaired) electrons. The zero-order valence-corrected chi connectivity index (χ0v) is 32.7. The highest BCUT2D eigenvalue weighted by Gasteiger charge is 2.41. The Morgan fingerprint density at radius 2 is 0.906 bits per heavy atom. The second kappa shape index (κ2) is 11.9. The molecule has 8 aromatic rings. The fourth-order valence-corrected chi connectivity index (χ4v) is 15.8. The maximum Gasteiger partial charge on any atom is 0.116 e. The molecule has 0 bridgehead atoms. The van der Waals surface area contributed by atoms with Gasteiger partial charge in [0.1, 0.15) is 16.1 Å². The average molecular weight is 712 g/mol.